The Labute approximate surface area is 200 Å². The van der Waals surface area contributed by atoms with Crippen molar-refractivity contribution in [2.45, 2.75) is 25.3 Å². The highest BCUT2D eigenvalue weighted by Crippen LogP contribution is 2.37. The largest absolute Gasteiger partial charge is 0.453 e. The molecule has 0 radical (unpaired) electrons. The van der Waals surface area contributed by atoms with Crippen LogP contribution < -0.4 is 0 Å². The van der Waals surface area contributed by atoms with Crippen molar-refractivity contribution in [3.63, 3.8) is 0 Å². The smallest absolute Gasteiger partial charge is 0.416 e. The average molecular weight is 572 g/mol. The van der Waals surface area contributed by atoms with Gasteiger partial charge in [-0.05, 0) is 59.7 Å². The van der Waals surface area contributed by atoms with E-state index in [9.17, 15) is 23.1 Å². The monoisotopic (exact) mass is 570 g/mol. The summed E-state index contributed by atoms with van der Waals surface area (Å²) in [6.45, 7) is 1.68. The maximum atomic E-state index is 12.9. The van der Waals surface area contributed by atoms with Crippen LogP contribution in [0.4, 0.5) is 13.2 Å². The quantitative estimate of drug-likeness (QED) is 0.312. The Morgan fingerprint density at radius 3 is 1.81 bits per heavy atom. The molecule has 0 aliphatic heterocycles. The lowest BCUT2D eigenvalue weighted by molar-refractivity contribution is -0.137. The third-order valence-electron chi connectivity index (χ3n) is 5.07. The molecule has 0 bridgehead atoms. The average Bonchev–Trinajstić information content (AvgIpc) is 2.77. The van der Waals surface area contributed by atoms with Crippen LogP contribution in [-0.2, 0) is 10.9 Å². The van der Waals surface area contributed by atoms with Crippen molar-refractivity contribution in [2.24, 2.45) is 5.92 Å². The molecule has 3 nitrogen and oxygen atoms in total. The molecule has 32 heavy (non-hydrogen) atoms. The van der Waals surface area contributed by atoms with Gasteiger partial charge in [-0.25, -0.2) is 4.79 Å². The van der Waals surface area contributed by atoms with Gasteiger partial charge in [-0.15, -0.1) is 0 Å². The van der Waals surface area contributed by atoms with Gasteiger partial charge in [0.2, 0.25) is 0 Å². The van der Waals surface area contributed by atoms with E-state index in [1.807, 2.05) is 0 Å². The fourth-order valence-electron chi connectivity index (χ4n) is 3.24. The summed E-state index contributed by atoms with van der Waals surface area (Å²) in [5.41, 5.74) is 0.489. The molecule has 0 unspecified atom stereocenters. The molecule has 3 aromatic rings. The molecule has 168 valence electrons. The summed E-state index contributed by atoms with van der Waals surface area (Å²) in [4.78, 5) is 12.8. The summed E-state index contributed by atoms with van der Waals surface area (Å²) in [7, 11) is 0. The maximum absolute atomic E-state index is 12.9. The summed E-state index contributed by atoms with van der Waals surface area (Å²) >= 11 is 6.68. The van der Waals surface area contributed by atoms with E-state index in [-0.39, 0.29) is 0 Å². The molecule has 0 heterocycles. The molecule has 0 amide bonds. The molecule has 0 saturated carbocycles. The highest BCUT2D eigenvalue weighted by atomic mass is 79.9. The number of aliphatic hydroxyl groups excluding tert-OH is 1. The van der Waals surface area contributed by atoms with E-state index < -0.39 is 35.8 Å². The van der Waals surface area contributed by atoms with Crippen LogP contribution in [0.1, 0.15) is 46.2 Å². The van der Waals surface area contributed by atoms with Crippen LogP contribution in [0.2, 0.25) is 0 Å². The van der Waals surface area contributed by atoms with Gasteiger partial charge in [-0.1, -0.05) is 63.0 Å². The highest BCUT2D eigenvalue weighted by molar-refractivity contribution is 9.10. The number of ether oxygens (including phenoxy) is 1. The minimum atomic E-state index is -4.46. The molecule has 0 aliphatic carbocycles. The SMILES string of the molecule is C[C@H]([C@H](O)c1ccc(C(F)(F)F)cc1)[C@H](OC(=O)c1ccc(Br)cc1)c1ccc(Br)cc1. The van der Waals surface area contributed by atoms with Crippen LogP contribution in [0.15, 0.2) is 81.7 Å². The number of aliphatic hydroxyl groups is 1. The maximum Gasteiger partial charge on any atom is 0.416 e. The van der Waals surface area contributed by atoms with Crippen LogP contribution in [0.5, 0.6) is 0 Å². The molecular weight excluding hydrogens is 553 g/mol. The summed E-state index contributed by atoms with van der Waals surface area (Å²) in [5, 5.41) is 10.9. The van der Waals surface area contributed by atoms with Gasteiger partial charge >= 0.3 is 12.1 Å². The van der Waals surface area contributed by atoms with E-state index >= 15 is 0 Å². The van der Waals surface area contributed by atoms with Gasteiger partial charge in [-0.2, -0.15) is 13.2 Å². The number of benzene rings is 3. The molecule has 0 saturated heterocycles. The van der Waals surface area contributed by atoms with E-state index in [4.69, 9.17) is 4.74 Å². The molecule has 0 spiro atoms. The van der Waals surface area contributed by atoms with Gasteiger partial charge in [0.25, 0.3) is 0 Å². The zero-order valence-corrected chi connectivity index (χ0v) is 20.0. The van der Waals surface area contributed by atoms with E-state index in [1.165, 1.54) is 12.1 Å². The van der Waals surface area contributed by atoms with E-state index in [2.05, 4.69) is 31.9 Å². The molecule has 3 rings (SSSR count). The van der Waals surface area contributed by atoms with Crippen molar-refractivity contribution >= 4 is 37.8 Å². The molecule has 8 heteroatoms. The Hall–Kier alpha value is -2.16. The second kappa shape index (κ2) is 10.2. The van der Waals surface area contributed by atoms with E-state index in [0.29, 0.717) is 16.7 Å². The lowest BCUT2D eigenvalue weighted by Crippen LogP contribution is -2.23. The van der Waals surface area contributed by atoms with Gasteiger partial charge in [0.05, 0.1) is 17.2 Å². The first-order chi connectivity index (χ1) is 15.1. The first kappa shape index (κ1) is 24.5. The van der Waals surface area contributed by atoms with Crippen molar-refractivity contribution in [3.8, 4) is 0 Å². The second-order valence-electron chi connectivity index (χ2n) is 7.31. The van der Waals surface area contributed by atoms with Gasteiger partial charge in [-0.3, -0.25) is 0 Å². The van der Waals surface area contributed by atoms with Gasteiger partial charge in [0, 0.05) is 14.9 Å². The van der Waals surface area contributed by atoms with Crippen LogP contribution in [-0.4, -0.2) is 11.1 Å². The Balaban J connectivity index is 1.88. The van der Waals surface area contributed by atoms with Crippen molar-refractivity contribution in [2.75, 3.05) is 0 Å². The number of hydrogen-bond acceptors (Lipinski definition) is 3. The fourth-order valence-corrected chi connectivity index (χ4v) is 3.77. The zero-order chi connectivity index (χ0) is 23.5. The van der Waals surface area contributed by atoms with Gasteiger partial charge < -0.3 is 9.84 Å². The molecule has 0 aromatic heterocycles. The van der Waals surface area contributed by atoms with E-state index in [0.717, 1.165) is 21.1 Å². The number of carbonyl (C=O) groups is 1. The van der Waals surface area contributed by atoms with Crippen molar-refractivity contribution < 1.29 is 27.8 Å². The molecule has 3 aromatic carbocycles. The molecule has 0 aliphatic rings. The summed E-state index contributed by atoms with van der Waals surface area (Å²) in [6, 6.07) is 18.1. The highest BCUT2D eigenvalue weighted by Gasteiger charge is 2.33. The van der Waals surface area contributed by atoms with Crippen molar-refractivity contribution in [1.29, 1.82) is 0 Å². The van der Waals surface area contributed by atoms with Crippen molar-refractivity contribution in [1.82, 2.24) is 0 Å². The summed E-state index contributed by atoms with van der Waals surface area (Å²) < 4.78 is 46.0. The fraction of sp³-hybridized carbons (Fsp3) is 0.208. The van der Waals surface area contributed by atoms with Gasteiger partial charge in [0.1, 0.15) is 6.10 Å². The molecule has 1 N–H and O–H groups in total. The predicted molar refractivity (Wildman–Crippen MR) is 122 cm³/mol. The number of rotatable bonds is 6. The first-order valence-electron chi connectivity index (χ1n) is 9.63. The van der Waals surface area contributed by atoms with Crippen LogP contribution in [0.3, 0.4) is 0 Å². The summed E-state index contributed by atoms with van der Waals surface area (Å²) in [6.07, 6.45) is -6.46. The number of esters is 1. The minimum Gasteiger partial charge on any atom is -0.453 e. The first-order valence-corrected chi connectivity index (χ1v) is 11.2. The third-order valence-corrected chi connectivity index (χ3v) is 6.12. The Kier molecular flexibility index (Phi) is 7.79. The third kappa shape index (κ3) is 5.99. The molecular formula is C24H19Br2F3O3. The lowest BCUT2D eigenvalue weighted by atomic mass is 9.88. The Morgan fingerprint density at radius 2 is 1.31 bits per heavy atom. The normalized spacial score (nSPS) is 14.5. The number of halogens is 5. The zero-order valence-electron chi connectivity index (χ0n) is 16.8. The summed E-state index contributed by atoms with van der Waals surface area (Å²) in [5.74, 6) is -1.22. The van der Waals surface area contributed by atoms with Crippen LogP contribution in [0, 0.1) is 5.92 Å². The number of hydrogen-bond donors (Lipinski definition) is 1. The Morgan fingerprint density at radius 1 is 0.844 bits per heavy atom. The van der Waals surface area contributed by atoms with E-state index in [1.54, 1.807) is 55.5 Å². The van der Waals surface area contributed by atoms with Crippen molar-refractivity contribution in [3.05, 3.63) is 104 Å². The standard InChI is InChI=1S/C24H19Br2F3O3/c1-14(21(30)15-2-8-18(9-3-15)24(27,28)29)22(16-4-10-19(25)11-5-16)32-23(31)17-6-12-20(26)13-7-17/h2-14,21-22,30H,1H3/t14-,21+,22+/m1/s1. The van der Waals surface area contributed by atoms with Crippen LogP contribution >= 0.6 is 31.9 Å². The number of alkyl halides is 3. The second-order valence-corrected chi connectivity index (χ2v) is 9.14. The predicted octanol–water partition coefficient (Wildman–Crippen LogP) is 7.50. The molecule has 3 atom stereocenters. The number of carbonyl (C=O) groups excluding carboxylic acids is 1. The lowest BCUT2D eigenvalue weighted by Gasteiger charge is -2.29. The molecule has 0 fully saturated rings. The minimum absolute atomic E-state index is 0.298. The Bertz CT molecular complexity index is 1050. The van der Waals surface area contributed by atoms with Gasteiger partial charge in [0.15, 0.2) is 0 Å². The topological polar surface area (TPSA) is 46.5 Å². The van der Waals surface area contributed by atoms with Crippen LogP contribution in [0.25, 0.3) is 0 Å².